The van der Waals surface area contributed by atoms with Gasteiger partial charge in [-0.3, -0.25) is 9.59 Å². The van der Waals surface area contributed by atoms with Crippen LogP contribution in [0.2, 0.25) is 0 Å². The Morgan fingerprint density at radius 2 is 1.76 bits per heavy atom. The lowest BCUT2D eigenvalue weighted by atomic mass is 10.0. The average Bonchev–Trinajstić information content (AvgIpc) is 2.72. The molecule has 0 aliphatic heterocycles. The van der Waals surface area contributed by atoms with E-state index in [-0.39, 0.29) is 11.3 Å². The number of nitrogens with one attached hydrogen (secondary N) is 1. The summed E-state index contributed by atoms with van der Waals surface area (Å²) in [7, 11) is 1.50. The van der Waals surface area contributed by atoms with Crippen molar-refractivity contribution in [1.29, 1.82) is 0 Å². The lowest BCUT2D eigenvalue weighted by molar-refractivity contribution is -0.128. The first-order valence-corrected chi connectivity index (χ1v) is 9.26. The van der Waals surface area contributed by atoms with Crippen molar-refractivity contribution in [3.05, 3.63) is 59.7 Å². The molecule has 2 rings (SSSR count). The van der Waals surface area contributed by atoms with E-state index in [1.54, 1.807) is 6.07 Å². The summed E-state index contributed by atoms with van der Waals surface area (Å²) in [5.41, 5.74) is 1.15. The van der Waals surface area contributed by atoms with E-state index in [1.807, 2.05) is 37.3 Å². The Bertz CT molecular complexity index is 850. The number of hydrogen-bond donors (Lipinski definition) is 1. The predicted molar refractivity (Wildman–Crippen MR) is 107 cm³/mol. The molecule has 2 aromatic carbocycles. The van der Waals surface area contributed by atoms with Gasteiger partial charge in [0.2, 0.25) is 0 Å². The summed E-state index contributed by atoms with van der Waals surface area (Å²) in [4.78, 5) is 36.3. The Hall–Kier alpha value is -3.35. The number of Topliss-reactive ketones (excluding diaryl/α,β-unsaturated/α-hetero) is 1. The zero-order valence-corrected chi connectivity index (χ0v) is 16.8. The Kier molecular flexibility index (Phi) is 8.21. The molecule has 0 heterocycles. The van der Waals surface area contributed by atoms with Gasteiger partial charge in [-0.25, -0.2) is 4.79 Å². The second-order valence-electron chi connectivity index (χ2n) is 6.30. The summed E-state index contributed by atoms with van der Waals surface area (Å²) in [6.45, 7) is 3.14. The first-order chi connectivity index (χ1) is 13.9. The van der Waals surface area contributed by atoms with Gasteiger partial charge in [0.15, 0.2) is 23.9 Å². The first kappa shape index (κ1) is 21.9. The minimum Gasteiger partial charge on any atom is -0.493 e. The lowest BCUT2D eigenvalue weighted by Gasteiger charge is -2.16. The Labute approximate surface area is 170 Å². The molecule has 2 aromatic rings. The Morgan fingerprint density at radius 1 is 1.03 bits per heavy atom. The predicted octanol–water partition coefficient (Wildman–Crippen LogP) is 2.57. The van der Waals surface area contributed by atoms with Crippen molar-refractivity contribution in [1.82, 2.24) is 5.32 Å². The maximum atomic E-state index is 12.3. The van der Waals surface area contributed by atoms with Gasteiger partial charge in [-0.2, -0.15) is 0 Å². The maximum absolute atomic E-state index is 12.3. The van der Waals surface area contributed by atoms with E-state index in [0.717, 1.165) is 5.56 Å². The van der Waals surface area contributed by atoms with Gasteiger partial charge in [-0.15, -0.1) is 0 Å². The summed E-state index contributed by atoms with van der Waals surface area (Å²) in [6.07, 6.45) is 0.367. The summed E-state index contributed by atoms with van der Waals surface area (Å²) in [6, 6.07) is 13.3. The third-order valence-corrected chi connectivity index (χ3v) is 4.14. The average molecular weight is 399 g/mol. The van der Waals surface area contributed by atoms with Gasteiger partial charge in [-0.1, -0.05) is 30.3 Å². The van der Waals surface area contributed by atoms with Gasteiger partial charge in [0, 0.05) is 0 Å². The number of amides is 1. The van der Waals surface area contributed by atoms with Crippen molar-refractivity contribution in [2.24, 2.45) is 0 Å². The monoisotopic (exact) mass is 399 g/mol. The quantitative estimate of drug-likeness (QED) is 0.618. The second kappa shape index (κ2) is 10.8. The molecule has 0 unspecified atom stereocenters. The van der Waals surface area contributed by atoms with E-state index in [4.69, 9.17) is 14.2 Å². The van der Waals surface area contributed by atoms with Gasteiger partial charge >= 0.3 is 5.97 Å². The molecule has 0 aromatic heterocycles. The van der Waals surface area contributed by atoms with Crippen LogP contribution in [0.3, 0.4) is 0 Å². The van der Waals surface area contributed by atoms with Crippen LogP contribution in [0.4, 0.5) is 0 Å². The van der Waals surface area contributed by atoms with Gasteiger partial charge in [0.05, 0.1) is 25.3 Å². The van der Waals surface area contributed by atoms with E-state index in [2.05, 4.69) is 5.32 Å². The molecule has 7 nitrogen and oxygen atoms in total. The van der Waals surface area contributed by atoms with Crippen molar-refractivity contribution in [2.45, 2.75) is 26.3 Å². The van der Waals surface area contributed by atoms with E-state index in [1.165, 1.54) is 26.2 Å². The van der Waals surface area contributed by atoms with Crippen LogP contribution >= 0.6 is 0 Å². The molecule has 0 bridgehead atoms. The number of carbonyl (C=O) groups excluding carboxylic acids is 3. The van der Waals surface area contributed by atoms with E-state index in [0.29, 0.717) is 24.5 Å². The molecule has 7 heteroatoms. The van der Waals surface area contributed by atoms with Crippen molar-refractivity contribution in [2.75, 3.05) is 20.3 Å². The number of benzene rings is 2. The highest BCUT2D eigenvalue weighted by Gasteiger charge is 2.19. The summed E-state index contributed by atoms with van der Waals surface area (Å²) in [5, 5.41) is 2.61. The number of rotatable bonds is 10. The SMILES string of the molecule is CCOc1cc(C(=O)OCC(=O)N[C@H](Cc2ccccc2)C(C)=O)ccc1OC. The van der Waals surface area contributed by atoms with Crippen LogP contribution in [0.1, 0.15) is 29.8 Å². The zero-order chi connectivity index (χ0) is 21.2. The minimum atomic E-state index is -0.686. The summed E-state index contributed by atoms with van der Waals surface area (Å²) >= 11 is 0. The van der Waals surface area contributed by atoms with Crippen molar-refractivity contribution in [3.63, 3.8) is 0 Å². The third-order valence-electron chi connectivity index (χ3n) is 4.14. The molecule has 0 aliphatic rings. The van der Waals surface area contributed by atoms with Gasteiger partial charge in [0.25, 0.3) is 5.91 Å². The first-order valence-electron chi connectivity index (χ1n) is 9.26. The summed E-state index contributed by atoms with van der Waals surface area (Å²) in [5.74, 6) is -0.496. The lowest BCUT2D eigenvalue weighted by Crippen LogP contribution is -2.43. The molecular weight excluding hydrogens is 374 g/mol. The van der Waals surface area contributed by atoms with Crippen LogP contribution in [0, 0.1) is 0 Å². The maximum Gasteiger partial charge on any atom is 0.338 e. The smallest absolute Gasteiger partial charge is 0.338 e. The third kappa shape index (κ3) is 6.64. The minimum absolute atomic E-state index is 0.176. The molecule has 1 atom stereocenters. The highest BCUT2D eigenvalue weighted by molar-refractivity contribution is 5.93. The summed E-state index contributed by atoms with van der Waals surface area (Å²) < 4.78 is 15.7. The molecular formula is C22H25NO6. The molecule has 0 radical (unpaired) electrons. The van der Waals surface area contributed by atoms with Crippen LogP contribution in [-0.2, 0) is 20.7 Å². The van der Waals surface area contributed by atoms with E-state index < -0.39 is 24.5 Å². The number of ether oxygens (including phenoxy) is 3. The fourth-order valence-electron chi connectivity index (χ4n) is 2.67. The van der Waals surface area contributed by atoms with E-state index in [9.17, 15) is 14.4 Å². The zero-order valence-electron chi connectivity index (χ0n) is 16.8. The second-order valence-corrected chi connectivity index (χ2v) is 6.30. The van der Waals surface area contributed by atoms with Gasteiger partial charge < -0.3 is 19.5 Å². The van der Waals surface area contributed by atoms with E-state index >= 15 is 0 Å². The fourth-order valence-corrected chi connectivity index (χ4v) is 2.67. The van der Waals surface area contributed by atoms with Gasteiger partial charge in [0.1, 0.15) is 0 Å². The van der Waals surface area contributed by atoms with Gasteiger partial charge in [-0.05, 0) is 44.0 Å². The van der Waals surface area contributed by atoms with Crippen molar-refractivity contribution in [3.8, 4) is 11.5 Å². The van der Waals surface area contributed by atoms with Crippen molar-refractivity contribution < 1.29 is 28.6 Å². The number of esters is 1. The molecule has 1 N–H and O–H groups in total. The molecule has 1 amide bonds. The molecule has 154 valence electrons. The van der Waals surface area contributed by atoms with Crippen LogP contribution in [0.25, 0.3) is 0 Å². The highest BCUT2D eigenvalue weighted by Crippen LogP contribution is 2.28. The standard InChI is InChI=1S/C22H25NO6/c1-4-28-20-13-17(10-11-19(20)27-3)22(26)29-14-21(25)23-18(15(2)24)12-16-8-6-5-7-9-16/h5-11,13,18H,4,12,14H2,1-3H3,(H,23,25)/t18-/m1/s1. The largest absolute Gasteiger partial charge is 0.493 e. The molecule has 0 saturated carbocycles. The fraction of sp³-hybridized carbons (Fsp3) is 0.318. The molecule has 0 fully saturated rings. The number of ketones is 1. The highest BCUT2D eigenvalue weighted by atomic mass is 16.5. The van der Waals surface area contributed by atoms with Crippen LogP contribution < -0.4 is 14.8 Å². The molecule has 29 heavy (non-hydrogen) atoms. The number of hydrogen-bond acceptors (Lipinski definition) is 6. The normalized spacial score (nSPS) is 11.3. The Morgan fingerprint density at radius 3 is 2.38 bits per heavy atom. The molecule has 0 aliphatic carbocycles. The van der Waals surface area contributed by atoms with Crippen LogP contribution in [0.5, 0.6) is 11.5 Å². The topological polar surface area (TPSA) is 90.9 Å². The molecule has 0 spiro atoms. The number of carbonyl (C=O) groups is 3. The van der Waals surface area contributed by atoms with Crippen LogP contribution in [-0.4, -0.2) is 44.0 Å². The number of methoxy groups -OCH3 is 1. The van der Waals surface area contributed by atoms with Crippen LogP contribution in [0.15, 0.2) is 48.5 Å². The molecule has 0 saturated heterocycles. The van der Waals surface area contributed by atoms with Crippen molar-refractivity contribution >= 4 is 17.7 Å². The Balaban J connectivity index is 1.94.